The molecule has 0 aliphatic carbocycles. The molecule has 1 N–H and O–H groups in total. The van der Waals surface area contributed by atoms with Crippen LogP contribution in [0.4, 0.5) is 0 Å². The monoisotopic (exact) mass is 293 g/mol. The summed E-state index contributed by atoms with van der Waals surface area (Å²) in [5.41, 5.74) is 1.68. The first-order valence-corrected chi connectivity index (χ1v) is 5.99. The van der Waals surface area contributed by atoms with Gasteiger partial charge in [0.2, 0.25) is 5.88 Å². The van der Waals surface area contributed by atoms with Crippen molar-refractivity contribution >= 4 is 15.9 Å². The molecule has 0 bridgehead atoms. The largest absolute Gasteiger partial charge is 0.438 e. The van der Waals surface area contributed by atoms with Crippen molar-refractivity contribution in [3.8, 4) is 11.6 Å². The van der Waals surface area contributed by atoms with Crippen molar-refractivity contribution in [1.29, 1.82) is 0 Å². The normalized spacial score (nSPS) is 10.3. The van der Waals surface area contributed by atoms with Crippen LogP contribution in [0.5, 0.6) is 11.6 Å². The number of aliphatic hydroxyl groups excluding tert-OH is 1. The lowest BCUT2D eigenvalue weighted by Gasteiger charge is -2.10. The van der Waals surface area contributed by atoms with Crippen molar-refractivity contribution in [1.82, 2.24) is 4.98 Å². The molecule has 0 aliphatic rings. The third kappa shape index (κ3) is 2.84. The average Bonchev–Trinajstić information content (AvgIpc) is 2.33. The molecule has 0 unspecified atom stereocenters. The van der Waals surface area contributed by atoms with E-state index in [4.69, 9.17) is 4.74 Å². The minimum atomic E-state index is -0.0499. The fraction of sp³-hybridized carbons (Fsp3) is 0.154. The second-order valence-corrected chi connectivity index (χ2v) is 4.56. The van der Waals surface area contributed by atoms with Crippen LogP contribution in [-0.4, -0.2) is 10.1 Å². The molecule has 4 heteroatoms. The molecule has 2 aromatic rings. The second-order valence-electron chi connectivity index (χ2n) is 3.64. The first kappa shape index (κ1) is 12.1. The first-order chi connectivity index (χ1) is 8.20. The molecule has 0 amide bonds. The highest BCUT2D eigenvalue weighted by atomic mass is 79.9. The number of benzene rings is 1. The SMILES string of the molecule is Cc1cc(Br)cnc1Oc1ccccc1CO. The van der Waals surface area contributed by atoms with E-state index in [9.17, 15) is 5.11 Å². The lowest BCUT2D eigenvalue weighted by Crippen LogP contribution is -1.95. The van der Waals surface area contributed by atoms with E-state index in [0.29, 0.717) is 11.6 Å². The highest BCUT2D eigenvalue weighted by Crippen LogP contribution is 2.27. The zero-order valence-electron chi connectivity index (χ0n) is 9.35. The van der Waals surface area contributed by atoms with Crippen molar-refractivity contribution < 1.29 is 9.84 Å². The third-order valence-corrected chi connectivity index (χ3v) is 2.78. The van der Waals surface area contributed by atoms with Crippen LogP contribution >= 0.6 is 15.9 Å². The van der Waals surface area contributed by atoms with Gasteiger partial charge in [0, 0.05) is 21.8 Å². The first-order valence-electron chi connectivity index (χ1n) is 5.19. The van der Waals surface area contributed by atoms with Gasteiger partial charge < -0.3 is 9.84 Å². The maximum absolute atomic E-state index is 9.20. The van der Waals surface area contributed by atoms with E-state index in [1.807, 2.05) is 37.3 Å². The predicted octanol–water partition coefficient (Wildman–Crippen LogP) is 3.44. The van der Waals surface area contributed by atoms with Gasteiger partial charge in [-0.1, -0.05) is 18.2 Å². The Morgan fingerprint density at radius 2 is 2.12 bits per heavy atom. The van der Waals surface area contributed by atoms with Crippen molar-refractivity contribution in [3.63, 3.8) is 0 Å². The Morgan fingerprint density at radius 3 is 2.82 bits per heavy atom. The molecule has 88 valence electrons. The zero-order chi connectivity index (χ0) is 12.3. The number of hydrogen-bond acceptors (Lipinski definition) is 3. The molecule has 0 radical (unpaired) electrons. The third-order valence-electron chi connectivity index (χ3n) is 2.35. The molecule has 0 spiro atoms. The van der Waals surface area contributed by atoms with Gasteiger partial charge in [0.15, 0.2) is 0 Å². The quantitative estimate of drug-likeness (QED) is 0.943. The maximum Gasteiger partial charge on any atom is 0.222 e. The average molecular weight is 294 g/mol. The Labute approximate surface area is 108 Å². The number of aryl methyl sites for hydroxylation is 1. The van der Waals surface area contributed by atoms with Crippen LogP contribution in [0.3, 0.4) is 0 Å². The fourth-order valence-electron chi connectivity index (χ4n) is 1.47. The summed E-state index contributed by atoms with van der Waals surface area (Å²) in [6, 6.07) is 9.30. The molecule has 3 nitrogen and oxygen atoms in total. The summed E-state index contributed by atoms with van der Waals surface area (Å²) in [5, 5.41) is 9.20. The summed E-state index contributed by atoms with van der Waals surface area (Å²) in [7, 11) is 0. The molecule has 1 heterocycles. The number of aromatic nitrogens is 1. The molecular formula is C13H12BrNO2. The lowest BCUT2D eigenvalue weighted by molar-refractivity contribution is 0.276. The molecule has 0 saturated carbocycles. The van der Waals surface area contributed by atoms with Crippen molar-refractivity contribution in [2.45, 2.75) is 13.5 Å². The molecule has 0 aliphatic heterocycles. The Bertz CT molecular complexity index is 529. The van der Waals surface area contributed by atoms with E-state index in [1.54, 1.807) is 6.20 Å². The maximum atomic E-state index is 9.20. The number of hydrogen-bond donors (Lipinski definition) is 1. The Hall–Kier alpha value is -1.39. The van der Waals surface area contributed by atoms with E-state index in [0.717, 1.165) is 15.6 Å². The number of para-hydroxylation sites is 1. The van der Waals surface area contributed by atoms with Crippen LogP contribution in [0.15, 0.2) is 41.0 Å². The molecule has 0 atom stereocenters. The Kier molecular flexibility index (Phi) is 3.76. The van der Waals surface area contributed by atoms with Gasteiger partial charge in [-0.3, -0.25) is 0 Å². The minimum Gasteiger partial charge on any atom is -0.438 e. The van der Waals surface area contributed by atoms with Crippen LogP contribution < -0.4 is 4.74 Å². The van der Waals surface area contributed by atoms with Gasteiger partial charge in [-0.25, -0.2) is 4.98 Å². The van der Waals surface area contributed by atoms with E-state index < -0.39 is 0 Å². The summed E-state index contributed by atoms with van der Waals surface area (Å²) in [5.74, 6) is 1.18. The fourth-order valence-corrected chi connectivity index (χ4v) is 1.92. The molecule has 2 rings (SSSR count). The van der Waals surface area contributed by atoms with Crippen LogP contribution in [0.1, 0.15) is 11.1 Å². The Morgan fingerprint density at radius 1 is 1.35 bits per heavy atom. The topological polar surface area (TPSA) is 42.4 Å². The molecule has 17 heavy (non-hydrogen) atoms. The van der Waals surface area contributed by atoms with Crippen molar-refractivity contribution in [3.05, 3.63) is 52.1 Å². The summed E-state index contributed by atoms with van der Waals surface area (Å²) < 4.78 is 6.61. The van der Waals surface area contributed by atoms with Gasteiger partial charge in [0.05, 0.1) is 6.61 Å². The number of rotatable bonds is 3. The standard InChI is InChI=1S/C13H12BrNO2/c1-9-6-11(14)7-15-13(9)17-12-5-3-2-4-10(12)8-16/h2-7,16H,8H2,1H3. The van der Waals surface area contributed by atoms with E-state index in [2.05, 4.69) is 20.9 Å². The van der Waals surface area contributed by atoms with Crippen LogP contribution in [-0.2, 0) is 6.61 Å². The number of pyridine rings is 1. The summed E-state index contributed by atoms with van der Waals surface area (Å²) in [4.78, 5) is 4.20. The number of aliphatic hydroxyl groups is 1. The molecule has 0 fully saturated rings. The predicted molar refractivity (Wildman–Crippen MR) is 69.1 cm³/mol. The molecular weight excluding hydrogens is 282 g/mol. The second kappa shape index (κ2) is 5.29. The van der Waals surface area contributed by atoms with Gasteiger partial charge in [-0.05, 0) is 35.0 Å². The Balaban J connectivity index is 2.31. The van der Waals surface area contributed by atoms with E-state index >= 15 is 0 Å². The highest BCUT2D eigenvalue weighted by Gasteiger charge is 2.06. The summed E-state index contributed by atoms with van der Waals surface area (Å²) in [6.07, 6.45) is 1.68. The summed E-state index contributed by atoms with van der Waals surface area (Å²) in [6.45, 7) is 1.88. The molecule has 1 aromatic heterocycles. The van der Waals surface area contributed by atoms with Crippen LogP contribution in [0, 0.1) is 6.92 Å². The van der Waals surface area contributed by atoms with Gasteiger partial charge in [-0.2, -0.15) is 0 Å². The highest BCUT2D eigenvalue weighted by molar-refractivity contribution is 9.10. The molecule has 1 aromatic carbocycles. The van der Waals surface area contributed by atoms with Gasteiger partial charge in [0.25, 0.3) is 0 Å². The van der Waals surface area contributed by atoms with Crippen LogP contribution in [0.25, 0.3) is 0 Å². The van der Waals surface area contributed by atoms with Crippen molar-refractivity contribution in [2.24, 2.45) is 0 Å². The van der Waals surface area contributed by atoms with E-state index in [-0.39, 0.29) is 6.61 Å². The van der Waals surface area contributed by atoms with Gasteiger partial charge >= 0.3 is 0 Å². The lowest BCUT2D eigenvalue weighted by atomic mass is 10.2. The minimum absolute atomic E-state index is 0.0499. The zero-order valence-corrected chi connectivity index (χ0v) is 10.9. The number of ether oxygens (including phenoxy) is 1. The number of nitrogens with zero attached hydrogens (tertiary/aromatic N) is 1. The van der Waals surface area contributed by atoms with Gasteiger partial charge in [-0.15, -0.1) is 0 Å². The van der Waals surface area contributed by atoms with Crippen LogP contribution in [0.2, 0.25) is 0 Å². The van der Waals surface area contributed by atoms with E-state index in [1.165, 1.54) is 0 Å². The number of halogens is 1. The smallest absolute Gasteiger partial charge is 0.222 e. The van der Waals surface area contributed by atoms with Crippen molar-refractivity contribution in [2.75, 3.05) is 0 Å². The van der Waals surface area contributed by atoms with Gasteiger partial charge in [0.1, 0.15) is 5.75 Å². The molecule has 0 saturated heterocycles. The summed E-state index contributed by atoms with van der Waals surface area (Å²) >= 11 is 3.35.